The number of hydrogen-bond acceptors (Lipinski definition) is 3. The standard InChI is InChI=1S/C22H23NO3/c1-15(2)13-18(24)19-20(17-11-7-4-8-12-17)23(22(26)21(19)25)14-16-9-5-3-6-10-16/h3-12,15,19-20H,13-14H2,1-2H3. The number of likely N-dealkylation sites (tertiary alicyclic amines) is 1. The Morgan fingerprint density at radius 3 is 2.12 bits per heavy atom. The normalized spacial score (nSPS) is 20.0. The summed E-state index contributed by atoms with van der Waals surface area (Å²) < 4.78 is 0. The molecule has 1 aliphatic heterocycles. The lowest BCUT2D eigenvalue weighted by molar-refractivity contribution is -0.142. The van der Waals surface area contributed by atoms with E-state index in [0.29, 0.717) is 13.0 Å². The number of carbonyl (C=O) groups is 3. The zero-order valence-electron chi connectivity index (χ0n) is 15.1. The zero-order valence-corrected chi connectivity index (χ0v) is 15.1. The van der Waals surface area contributed by atoms with Gasteiger partial charge in [-0.3, -0.25) is 14.4 Å². The molecule has 1 aliphatic rings. The first kappa shape index (κ1) is 18.1. The number of rotatable bonds is 6. The molecule has 0 spiro atoms. The van der Waals surface area contributed by atoms with Gasteiger partial charge in [-0.1, -0.05) is 74.5 Å². The Kier molecular flexibility index (Phi) is 5.31. The lowest BCUT2D eigenvalue weighted by atomic mass is 9.86. The van der Waals surface area contributed by atoms with Crippen molar-refractivity contribution in [2.45, 2.75) is 32.9 Å². The van der Waals surface area contributed by atoms with E-state index in [0.717, 1.165) is 11.1 Å². The summed E-state index contributed by atoms with van der Waals surface area (Å²) in [6, 6.07) is 18.4. The molecule has 2 aromatic carbocycles. The number of ketones is 2. The molecule has 0 radical (unpaired) electrons. The molecule has 0 N–H and O–H groups in total. The molecule has 0 bridgehead atoms. The molecule has 0 aromatic heterocycles. The average molecular weight is 349 g/mol. The lowest BCUT2D eigenvalue weighted by Gasteiger charge is -2.27. The minimum Gasteiger partial charge on any atom is -0.324 e. The molecular formula is C22H23NO3. The number of Topliss-reactive ketones (excluding diaryl/α,β-unsaturated/α-hetero) is 2. The van der Waals surface area contributed by atoms with Gasteiger partial charge in [-0.25, -0.2) is 0 Å². The van der Waals surface area contributed by atoms with E-state index in [2.05, 4.69) is 0 Å². The van der Waals surface area contributed by atoms with Crippen LogP contribution in [0.3, 0.4) is 0 Å². The molecule has 2 unspecified atom stereocenters. The van der Waals surface area contributed by atoms with Crippen molar-refractivity contribution in [1.29, 1.82) is 0 Å². The van der Waals surface area contributed by atoms with Gasteiger partial charge in [-0.05, 0) is 17.0 Å². The van der Waals surface area contributed by atoms with Crippen LogP contribution in [0.1, 0.15) is 37.4 Å². The molecule has 1 fully saturated rings. The van der Waals surface area contributed by atoms with Gasteiger partial charge in [-0.15, -0.1) is 0 Å². The van der Waals surface area contributed by atoms with Crippen LogP contribution in [0.5, 0.6) is 0 Å². The van der Waals surface area contributed by atoms with Crippen LogP contribution < -0.4 is 0 Å². The van der Waals surface area contributed by atoms with Crippen molar-refractivity contribution in [3.05, 3.63) is 71.8 Å². The second-order valence-corrected chi connectivity index (χ2v) is 7.18. The summed E-state index contributed by atoms with van der Waals surface area (Å²) in [5.74, 6) is -2.07. The number of amides is 1. The predicted octanol–water partition coefficient (Wildman–Crippen LogP) is 3.57. The van der Waals surface area contributed by atoms with E-state index in [4.69, 9.17) is 0 Å². The van der Waals surface area contributed by atoms with E-state index >= 15 is 0 Å². The maximum Gasteiger partial charge on any atom is 0.291 e. The number of benzene rings is 2. The minimum atomic E-state index is -0.920. The second kappa shape index (κ2) is 7.65. The van der Waals surface area contributed by atoms with E-state index in [1.54, 1.807) is 4.90 Å². The summed E-state index contributed by atoms with van der Waals surface area (Å²) >= 11 is 0. The number of carbonyl (C=O) groups excluding carboxylic acids is 3. The fourth-order valence-corrected chi connectivity index (χ4v) is 3.55. The second-order valence-electron chi connectivity index (χ2n) is 7.18. The van der Waals surface area contributed by atoms with Gasteiger partial charge < -0.3 is 4.90 Å². The van der Waals surface area contributed by atoms with Crippen LogP contribution in [0.25, 0.3) is 0 Å². The molecule has 0 saturated carbocycles. The zero-order chi connectivity index (χ0) is 18.7. The van der Waals surface area contributed by atoms with Crippen molar-refractivity contribution in [3.8, 4) is 0 Å². The van der Waals surface area contributed by atoms with Crippen LogP contribution in [-0.2, 0) is 20.9 Å². The monoisotopic (exact) mass is 349 g/mol. The summed E-state index contributed by atoms with van der Waals surface area (Å²) in [5, 5.41) is 0. The number of hydrogen-bond donors (Lipinski definition) is 0. The largest absolute Gasteiger partial charge is 0.324 e. The van der Waals surface area contributed by atoms with Gasteiger partial charge in [0, 0.05) is 13.0 Å². The highest BCUT2D eigenvalue weighted by Gasteiger charge is 2.51. The fourth-order valence-electron chi connectivity index (χ4n) is 3.55. The van der Waals surface area contributed by atoms with Gasteiger partial charge in [-0.2, -0.15) is 0 Å². The fraction of sp³-hybridized carbons (Fsp3) is 0.318. The molecule has 0 aliphatic carbocycles. The Labute approximate surface area is 153 Å². The van der Waals surface area contributed by atoms with E-state index in [1.807, 2.05) is 74.5 Å². The van der Waals surface area contributed by atoms with Crippen LogP contribution in [0.15, 0.2) is 60.7 Å². The van der Waals surface area contributed by atoms with E-state index in [9.17, 15) is 14.4 Å². The Hall–Kier alpha value is -2.75. The van der Waals surface area contributed by atoms with Crippen molar-refractivity contribution in [3.63, 3.8) is 0 Å². The highest BCUT2D eigenvalue weighted by atomic mass is 16.2. The topological polar surface area (TPSA) is 54.5 Å². The van der Waals surface area contributed by atoms with Crippen molar-refractivity contribution in [2.24, 2.45) is 11.8 Å². The van der Waals surface area contributed by atoms with Crippen LogP contribution in [0, 0.1) is 11.8 Å². The summed E-state index contributed by atoms with van der Waals surface area (Å²) in [7, 11) is 0. The summed E-state index contributed by atoms with van der Waals surface area (Å²) in [6.45, 7) is 4.20. The molecule has 4 nitrogen and oxygen atoms in total. The van der Waals surface area contributed by atoms with E-state index < -0.39 is 23.7 Å². The first-order valence-corrected chi connectivity index (χ1v) is 8.95. The van der Waals surface area contributed by atoms with Crippen LogP contribution in [0.4, 0.5) is 0 Å². The molecule has 1 amide bonds. The molecular weight excluding hydrogens is 326 g/mol. The Bertz CT molecular complexity index is 799. The average Bonchev–Trinajstić information content (AvgIpc) is 2.88. The Balaban J connectivity index is 2.00. The molecule has 4 heteroatoms. The van der Waals surface area contributed by atoms with E-state index in [1.165, 1.54) is 0 Å². The summed E-state index contributed by atoms with van der Waals surface area (Å²) in [6.07, 6.45) is 0.298. The van der Waals surface area contributed by atoms with Crippen molar-refractivity contribution >= 4 is 17.5 Å². The molecule has 134 valence electrons. The van der Waals surface area contributed by atoms with Gasteiger partial charge in [0.15, 0.2) is 0 Å². The summed E-state index contributed by atoms with van der Waals surface area (Å²) in [5.41, 5.74) is 1.76. The molecule has 26 heavy (non-hydrogen) atoms. The third-order valence-corrected chi connectivity index (χ3v) is 4.70. The SMILES string of the molecule is CC(C)CC(=O)C1C(=O)C(=O)N(Cc2ccccc2)C1c1ccccc1. The predicted molar refractivity (Wildman–Crippen MR) is 99.1 cm³/mol. The van der Waals surface area contributed by atoms with Gasteiger partial charge in [0.25, 0.3) is 5.91 Å². The Morgan fingerprint density at radius 2 is 1.54 bits per heavy atom. The third-order valence-electron chi connectivity index (χ3n) is 4.70. The molecule has 2 aromatic rings. The Morgan fingerprint density at radius 1 is 0.962 bits per heavy atom. The van der Waals surface area contributed by atoms with Crippen LogP contribution >= 0.6 is 0 Å². The van der Waals surface area contributed by atoms with Crippen molar-refractivity contribution in [1.82, 2.24) is 4.90 Å². The highest BCUT2D eigenvalue weighted by molar-refractivity contribution is 6.43. The molecule has 1 saturated heterocycles. The minimum absolute atomic E-state index is 0.144. The first-order valence-electron chi connectivity index (χ1n) is 8.95. The van der Waals surface area contributed by atoms with Gasteiger partial charge >= 0.3 is 0 Å². The van der Waals surface area contributed by atoms with Gasteiger partial charge in [0.05, 0.1) is 6.04 Å². The first-order chi connectivity index (χ1) is 12.5. The van der Waals surface area contributed by atoms with Gasteiger partial charge in [0.1, 0.15) is 11.7 Å². The quantitative estimate of drug-likeness (QED) is 0.592. The summed E-state index contributed by atoms with van der Waals surface area (Å²) in [4.78, 5) is 39.8. The smallest absolute Gasteiger partial charge is 0.291 e. The van der Waals surface area contributed by atoms with Crippen molar-refractivity contribution in [2.75, 3.05) is 0 Å². The molecule has 3 rings (SSSR count). The lowest BCUT2D eigenvalue weighted by Crippen LogP contribution is -2.30. The maximum atomic E-state index is 12.8. The molecule has 1 heterocycles. The highest BCUT2D eigenvalue weighted by Crippen LogP contribution is 2.38. The van der Waals surface area contributed by atoms with Gasteiger partial charge in [0.2, 0.25) is 5.78 Å². The third kappa shape index (κ3) is 3.59. The number of nitrogens with zero attached hydrogens (tertiary/aromatic N) is 1. The van der Waals surface area contributed by atoms with Crippen LogP contribution in [-0.4, -0.2) is 22.4 Å². The van der Waals surface area contributed by atoms with Crippen molar-refractivity contribution < 1.29 is 14.4 Å². The molecule has 2 atom stereocenters. The maximum absolute atomic E-state index is 12.8. The van der Waals surface area contributed by atoms with E-state index in [-0.39, 0.29) is 11.7 Å². The van der Waals surface area contributed by atoms with Crippen LogP contribution in [0.2, 0.25) is 0 Å².